The lowest BCUT2D eigenvalue weighted by molar-refractivity contribution is -0.116. The fourth-order valence-corrected chi connectivity index (χ4v) is 2.20. The van der Waals surface area contributed by atoms with Gasteiger partial charge in [0.05, 0.1) is 6.54 Å². The number of anilines is 1. The van der Waals surface area contributed by atoms with Crippen LogP contribution in [0.15, 0.2) is 24.4 Å². The summed E-state index contributed by atoms with van der Waals surface area (Å²) in [5.41, 5.74) is 5.83. The SMILES string of the molecule is CCCCN(CC(N)=O)c1nc2ccccn2c1C(=O)O. The average molecular weight is 290 g/mol. The number of hydrogen-bond donors (Lipinski definition) is 2. The molecule has 7 heteroatoms. The van der Waals surface area contributed by atoms with E-state index < -0.39 is 11.9 Å². The van der Waals surface area contributed by atoms with Gasteiger partial charge in [0.2, 0.25) is 5.91 Å². The molecule has 0 aliphatic rings. The van der Waals surface area contributed by atoms with Crippen molar-refractivity contribution < 1.29 is 14.7 Å². The lowest BCUT2D eigenvalue weighted by atomic mass is 10.3. The minimum Gasteiger partial charge on any atom is -0.476 e. The Kier molecular flexibility index (Phi) is 4.42. The van der Waals surface area contributed by atoms with Gasteiger partial charge in [-0.15, -0.1) is 0 Å². The maximum atomic E-state index is 11.6. The average Bonchev–Trinajstić information content (AvgIpc) is 2.82. The van der Waals surface area contributed by atoms with Crippen molar-refractivity contribution in [1.82, 2.24) is 9.38 Å². The molecule has 0 saturated heterocycles. The quantitative estimate of drug-likeness (QED) is 0.796. The van der Waals surface area contributed by atoms with Crippen LogP contribution in [0.1, 0.15) is 30.3 Å². The number of carboxylic acids is 1. The smallest absolute Gasteiger partial charge is 0.356 e. The Labute approximate surface area is 122 Å². The van der Waals surface area contributed by atoms with Gasteiger partial charge >= 0.3 is 5.97 Å². The normalized spacial score (nSPS) is 10.7. The zero-order chi connectivity index (χ0) is 15.4. The van der Waals surface area contributed by atoms with Crippen LogP contribution in [-0.4, -0.2) is 39.5 Å². The first-order valence-electron chi connectivity index (χ1n) is 6.78. The number of rotatable bonds is 7. The highest BCUT2D eigenvalue weighted by Gasteiger charge is 2.23. The van der Waals surface area contributed by atoms with Crippen LogP contribution < -0.4 is 10.6 Å². The molecule has 0 spiro atoms. The van der Waals surface area contributed by atoms with E-state index in [1.165, 1.54) is 4.40 Å². The molecular weight excluding hydrogens is 272 g/mol. The minimum atomic E-state index is -1.09. The van der Waals surface area contributed by atoms with Gasteiger partial charge in [-0.3, -0.25) is 9.20 Å². The zero-order valence-electron chi connectivity index (χ0n) is 11.8. The van der Waals surface area contributed by atoms with Gasteiger partial charge in [0.1, 0.15) is 5.65 Å². The van der Waals surface area contributed by atoms with Crippen molar-refractivity contribution >= 4 is 23.3 Å². The standard InChI is InChI=1S/C14H18N4O3/c1-2-3-7-17(9-10(15)19)13-12(14(20)21)18-8-5-4-6-11(18)16-13/h4-6,8H,2-3,7,9H2,1H3,(H2,15,19)(H,20,21). The van der Waals surface area contributed by atoms with Crippen LogP contribution >= 0.6 is 0 Å². The van der Waals surface area contributed by atoms with Gasteiger partial charge in [0, 0.05) is 12.7 Å². The molecule has 2 aromatic rings. The summed E-state index contributed by atoms with van der Waals surface area (Å²) in [6.07, 6.45) is 3.38. The van der Waals surface area contributed by atoms with E-state index in [1.54, 1.807) is 29.3 Å². The second kappa shape index (κ2) is 6.25. The van der Waals surface area contributed by atoms with E-state index in [0.29, 0.717) is 12.2 Å². The Morgan fingerprint density at radius 1 is 1.43 bits per heavy atom. The molecule has 0 aliphatic carbocycles. The number of nitrogens with two attached hydrogens (primary N) is 1. The molecule has 0 saturated carbocycles. The monoisotopic (exact) mass is 290 g/mol. The van der Waals surface area contributed by atoms with Gasteiger partial charge in [-0.05, 0) is 18.6 Å². The van der Waals surface area contributed by atoms with Crippen LogP contribution in [0, 0.1) is 0 Å². The molecule has 0 aromatic carbocycles. The highest BCUT2D eigenvalue weighted by molar-refractivity contribution is 5.94. The molecular formula is C14H18N4O3. The summed E-state index contributed by atoms with van der Waals surface area (Å²) in [6, 6.07) is 5.23. The van der Waals surface area contributed by atoms with Crippen molar-refractivity contribution in [2.24, 2.45) is 5.73 Å². The van der Waals surface area contributed by atoms with Crippen LogP contribution in [-0.2, 0) is 4.79 Å². The number of carbonyl (C=O) groups is 2. The van der Waals surface area contributed by atoms with Crippen molar-refractivity contribution in [2.45, 2.75) is 19.8 Å². The number of fused-ring (bicyclic) bond motifs is 1. The Bertz CT molecular complexity index is 665. The summed E-state index contributed by atoms with van der Waals surface area (Å²) >= 11 is 0. The number of pyridine rings is 1. The second-order valence-electron chi connectivity index (χ2n) is 4.76. The predicted molar refractivity (Wildman–Crippen MR) is 78.5 cm³/mol. The molecule has 3 N–H and O–H groups in total. The summed E-state index contributed by atoms with van der Waals surface area (Å²) in [6.45, 7) is 2.50. The molecule has 0 aliphatic heterocycles. The number of imidazole rings is 1. The molecule has 21 heavy (non-hydrogen) atoms. The number of hydrogen-bond acceptors (Lipinski definition) is 4. The van der Waals surface area contributed by atoms with Crippen LogP contribution in [0.4, 0.5) is 5.82 Å². The van der Waals surface area contributed by atoms with Gasteiger partial charge in [-0.2, -0.15) is 0 Å². The number of unbranched alkanes of at least 4 members (excludes halogenated alkanes) is 1. The summed E-state index contributed by atoms with van der Waals surface area (Å²) in [4.78, 5) is 28.8. The van der Waals surface area contributed by atoms with Crippen molar-refractivity contribution in [3.63, 3.8) is 0 Å². The third kappa shape index (κ3) is 3.13. The first-order valence-corrected chi connectivity index (χ1v) is 6.78. The molecule has 0 fully saturated rings. The topological polar surface area (TPSA) is 101 Å². The van der Waals surface area contributed by atoms with Crippen molar-refractivity contribution in [3.05, 3.63) is 30.1 Å². The van der Waals surface area contributed by atoms with E-state index in [2.05, 4.69) is 4.98 Å². The van der Waals surface area contributed by atoms with E-state index in [4.69, 9.17) is 5.73 Å². The number of amides is 1. The maximum Gasteiger partial charge on any atom is 0.356 e. The Balaban J connectivity index is 2.52. The lowest BCUT2D eigenvalue weighted by Crippen LogP contribution is -2.35. The first-order chi connectivity index (χ1) is 10.0. The summed E-state index contributed by atoms with van der Waals surface area (Å²) < 4.78 is 1.50. The number of aromatic carboxylic acids is 1. The van der Waals surface area contributed by atoms with E-state index >= 15 is 0 Å². The van der Waals surface area contributed by atoms with Gasteiger partial charge in [0.15, 0.2) is 11.5 Å². The number of aromatic nitrogens is 2. The van der Waals surface area contributed by atoms with E-state index in [0.717, 1.165) is 12.8 Å². The highest BCUT2D eigenvalue weighted by Crippen LogP contribution is 2.22. The Hall–Kier alpha value is -2.57. The summed E-state index contributed by atoms with van der Waals surface area (Å²) in [5, 5.41) is 9.46. The summed E-state index contributed by atoms with van der Waals surface area (Å²) in [7, 11) is 0. The van der Waals surface area contributed by atoms with Gasteiger partial charge < -0.3 is 15.7 Å². The van der Waals surface area contributed by atoms with E-state index in [1.807, 2.05) is 6.92 Å². The molecule has 112 valence electrons. The number of carboxylic acid groups (broad SMARTS) is 1. The first kappa shape index (κ1) is 14.8. The number of nitrogens with zero attached hydrogens (tertiary/aromatic N) is 3. The molecule has 0 atom stereocenters. The van der Waals surface area contributed by atoms with Crippen LogP contribution in [0.5, 0.6) is 0 Å². The molecule has 2 aromatic heterocycles. The zero-order valence-corrected chi connectivity index (χ0v) is 11.8. The molecule has 0 bridgehead atoms. The molecule has 1 amide bonds. The van der Waals surface area contributed by atoms with E-state index in [-0.39, 0.29) is 18.1 Å². The second-order valence-corrected chi connectivity index (χ2v) is 4.76. The third-order valence-corrected chi connectivity index (χ3v) is 3.14. The fourth-order valence-electron chi connectivity index (χ4n) is 2.20. The van der Waals surface area contributed by atoms with Crippen molar-refractivity contribution in [1.29, 1.82) is 0 Å². The maximum absolute atomic E-state index is 11.6. The summed E-state index contributed by atoms with van der Waals surface area (Å²) in [5.74, 6) is -1.32. The Morgan fingerprint density at radius 3 is 2.81 bits per heavy atom. The molecule has 2 rings (SSSR count). The highest BCUT2D eigenvalue weighted by atomic mass is 16.4. The van der Waals surface area contributed by atoms with E-state index in [9.17, 15) is 14.7 Å². The minimum absolute atomic E-state index is 0.0444. The largest absolute Gasteiger partial charge is 0.476 e. The lowest BCUT2D eigenvalue weighted by Gasteiger charge is -2.21. The molecule has 0 radical (unpaired) electrons. The van der Waals surface area contributed by atoms with Crippen LogP contribution in [0.2, 0.25) is 0 Å². The van der Waals surface area contributed by atoms with Crippen molar-refractivity contribution in [2.75, 3.05) is 18.0 Å². The number of carbonyl (C=O) groups excluding carboxylic acids is 1. The third-order valence-electron chi connectivity index (χ3n) is 3.14. The van der Waals surface area contributed by atoms with Crippen LogP contribution in [0.25, 0.3) is 5.65 Å². The van der Waals surface area contributed by atoms with Gasteiger partial charge in [-0.1, -0.05) is 19.4 Å². The van der Waals surface area contributed by atoms with Gasteiger partial charge in [-0.25, -0.2) is 9.78 Å². The molecule has 2 heterocycles. The molecule has 0 unspecified atom stereocenters. The van der Waals surface area contributed by atoms with Gasteiger partial charge in [0.25, 0.3) is 0 Å². The number of primary amides is 1. The van der Waals surface area contributed by atoms with Crippen LogP contribution in [0.3, 0.4) is 0 Å². The fraction of sp³-hybridized carbons (Fsp3) is 0.357. The Morgan fingerprint density at radius 2 is 2.19 bits per heavy atom. The van der Waals surface area contributed by atoms with Crippen molar-refractivity contribution in [3.8, 4) is 0 Å². The molecule has 7 nitrogen and oxygen atoms in total. The predicted octanol–water partition coefficient (Wildman–Crippen LogP) is 1.12.